The lowest BCUT2D eigenvalue weighted by atomic mass is 9.97. The summed E-state index contributed by atoms with van der Waals surface area (Å²) in [5, 5.41) is 17.3. The van der Waals surface area contributed by atoms with E-state index in [2.05, 4.69) is 20.9 Å². The molecule has 1 saturated heterocycles. The normalized spacial score (nSPS) is 13.8. The molecule has 36 heavy (non-hydrogen) atoms. The number of ether oxygens (including phenoxy) is 1. The van der Waals surface area contributed by atoms with Crippen LogP contribution in [0.25, 0.3) is 11.3 Å². The Hall–Kier alpha value is -3.78. The van der Waals surface area contributed by atoms with Crippen molar-refractivity contribution in [1.82, 2.24) is 15.6 Å². The molecular formula is C28H32FN5O2. The van der Waals surface area contributed by atoms with Gasteiger partial charge in [-0.2, -0.15) is 0 Å². The molecule has 0 saturated carbocycles. The summed E-state index contributed by atoms with van der Waals surface area (Å²) in [6.07, 6.45) is 3.80. The fourth-order valence-electron chi connectivity index (χ4n) is 4.46. The van der Waals surface area contributed by atoms with E-state index in [-0.39, 0.29) is 17.5 Å². The van der Waals surface area contributed by atoms with Crippen molar-refractivity contribution in [2.24, 2.45) is 0 Å². The van der Waals surface area contributed by atoms with Crippen LogP contribution in [0.1, 0.15) is 48.2 Å². The van der Waals surface area contributed by atoms with Crippen LogP contribution in [0, 0.1) is 11.2 Å². The number of piperidine rings is 1. The van der Waals surface area contributed by atoms with Crippen LogP contribution < -0.4 is 20.7 Å². The molecule has 4 N–H and O–H groups in total. The minimum absolute atomic E-state index is 0.0541. The minimum Gasteiger partial charge on any atom is -0.457 e. The van der Waals surface area contributed by atoms with Crippen LogP contribution in [0.3, 0.4) is 0 Å². The molecule has 0 atom stereocenters. The van der Waals surface area contributed by atoms with Crippen molar-refractivity contribution in [3.8, 4) is 22.8 Å². The summed E-state index contributed by atoms with van der Waals surface area (Å²) in [7, 11) is 1.80. The first-order valence-electron chi connectivity index (χ1n) is 12.2. The summed E-state index contributed by atoms with van der Waals surface area (Å²) in [5.41, 5.74) is 3.92. The molecule has 2 heterocycles. The monoisotopic (exact) mass is 489 g/mol. The van der Waals surface area contributed by atoms with Crippen molar-refractivity contribution >= 4 is 17.3 Å². The van der Waals surface area contributed by atoms with Crippen molar-refractivity contribution < 1.29 is 13.9 Å². The molecule has 7 nitrogen and oxygen atoms in total. The Morgan fingerprint density at radius 2 is 1.92 bits per heavy atom. The highest BCUT2D eigenvalue weighted by molar-refractivity contribution is 6.01. The van der Waals surface area contributed by atoms with Gasteiger partial charge in [0.2, 0.25) is 0 Å². The van der Waals surface area contributed by atoms with Gasteiger partial charge < -0.3 is 26.1 Å². The average Bonchev–Trinajstić information content (AvgIpc) is 2.88. The lowest BCUT2D eigenvalue weighted by Gasteiger charge is -2.24. The Morgan fingerprint density at radius 1 is 1.17 bits per heavy atom. The standard InChI is InChI=1S/C28H32FN5O2/c1-4-18-13-19(14-24(29)27(18)28(35)34-20-7-10-32-11-8-20)25-15-22(9-12-33-25)36-21-5-6-23(17(2)30)26(16-21)31-3/h5-6,9,12-16,20,30-32H,4,7-8,10-11H2,1-3H3,(H,34,35). The van der Waals surface area contributed by atoms with Crippen LogP contribution in [0.15, 0.2) is 48.7 Å². The Bertz CT molecular complexity index is 1270. The van der Waals surface area contributed by atoms with Crippen LogP contribution in [-0.4, -0.2) is 42.8 Å². The van der Waals surface area contributed by atoms with Gasteiger partial charge in [0.25, 0.3) is 5.91 Å². The van der Waals surface area contributed by atoms with Crippen LogP contribution in [0.2, 0.25) is 0 Å². The van der Waals surface area contributed by atoms with E-state index in [1.807, 2.05) is 25.1 Å². The number of rotatable bonds is 8. The second kappa shape index (κ2) is 11.3. The Balaban J connectivity index is 1.58. The van der Waals surface area contributed by atoms with Gasteiger partial charge in [0.05, 0.1) is 11.3 Å². The van der Waals surface area contributed by atoms with E-state index in [0.29, 0.717) is 40.5 Å². The van der Waals surface area contributed by atoms with Crippen LogP contribution in [0.4, 0.5) is 10.1 Å². The van der Waals surface area contributed by atoms with Gasteiger partial charge in [-0.1, -0.05) is 6.92 Å². The number of benzene rings is 2. The topological polar surface area (TPSA) is 99.1 Å². The van der Waals surface area contributed by atoms with Gasteiger partial charge in [-0.3, -0.25) is 9.78 Å². The Kier molecular flexibility index (Phi) is 7.95. The van der Waals surface area contributed by atoms with Crippen molar-refractivity contribution in [2.45, 2.75) is 39.2 Å². The van der Waals surface area contributed by atoms with Gasteiger partial charge in [-0.05, 0) is 75.2 Å². The minimum atomic E-state index is -0.555. The first kappa shape index (κ1) is 25.3. The fraction of sp³-hybridized carbons (Fsp3) is 0.321. The maximum absolute atomic E-state index is 15.3. The van der Waals surface area contributed by atoms with Gasteiger partial charge in [0.1, 0.15) is 17.3 Å². The predicted octanol–water partition coefficient (Wildman–Crippen LogP) is 5.15. The zero-order valence-corrected chi connectivity index (χ0v) is 20.9. The van der Waals surface area contributed by atoms with E-state index in [4.69, 9.17) is 10.1 Å². The molecule has 188 valence electrons. The first-order valence-corrected chi connectivity index (χ1v) is 12.2. The highest BCUT2D eigenvalue weighted by Crippen LogP contribution is 2.31. The molecule has 1 aromatic heterocycles. The summed E-state index contributed by atoms with van der Waals surface area (Å²) < 4.78 is 21.3. The first-order chi connectivity index (χ1) is 17.4. The summed E-state index contributed by atoms with van der Waals surface area (Å²) in [4.78, 5) is 17.3. The van der Waals surface area contributed by atoms with Gasteiger partial charge >= 0.3 is 0 Å². The van der Waals surface area contributed by atoms with Crippen molar-refractivity contribution in [1.29, 1.82) is 5.41 Å². The molecular weight excluding hydrogens is 457 g/mol. The number of carbonyl (C=O) groups excluding carboxylic acids is 1. The van der Waals surface area contributed by atoms with E-state index in [0.717, 1.165) is 37.2 Å². The van der Waals surface area contributed by atoms with Crippen LogP contribution in [-0.2, 0) is 6.42 Å². The molecule has 1 amide bonds. The molecule has 0 radical (unpaired) electrons. The number of aromatic nitrogens is 1. The summed E-state index contributed by atoms with van der Waals surface area (Å²) in [6.45, 7) is 5.34. The van der Waals surface area contributed by atoms with E-state index in [1.54, 1.807) is 38.4 Å². The quantitative estimate of drug-likeness (QED) is 0.328. The number of pyridine rings is 1. The van der Waals surface area contributed by atoms with Crippen molar-refractivity contribution in [2.75, 3.05) is 25.5 Å². The summed E-state index contributed by atoms with van der Waals surface area (Å²) in [6, 6.07) is 12.2. The van der Waals surface area contributed by atoms with Crippen LogP contribution >= 0.6 is 0 Å². The van der Waals surface area contributed by atoms with Gasteiger partial charge in [0.15, 0.2) is 0 Å². The molecule has 1 fully saturated rings. The zero-order valence-electron chi connectivity index (χ0n) is 20.9. The SMILES string of the molecule is CCc1cc(-c2cc(Oc3ccc(C(C)=N)c(NC)c3)ccn2)cc(F)c1C(=O)NC1CCNCC1. The highest BCUT2D eigenvalue weighted by Gasteiger charge is 2.22. The molecule has 0 spiro atoms. The third-order valence-electron chi connectivity index (χ3n) is 6.38. The highest BCUT2D eigenvalue weighted by atomic mass is 19.1. The molecule has 2 aromatic carbocycles. The maximum Gasteiger partial charge on any atom is 0.254 e. The summed E-state index contributed by atoms with van der Waals surface area (Å²) in [5.74, 6) is 0.233. The molecule has 4 rings (SSSR count). The molecule has 8 heteroatoms. The number of hydrogen-bond donors (Lipinski definition) is 4. The van der Waals surface area contributed by atoms with E-state index in [9.17, 15) is 4.79 Å². The van der Waals surface area contributed by atoms with E-state index in [1.165, 1.54) is 6.07 Å². The number of hydrogen-bond acceptors (Lipinski definition) is 6. The molecule has 0 aliphatic carbocycles. The smallest absolute Gasteiger partial charge is 0.254 e. The average molecular weight is 490 g/mol. The summed E-state index contributed by atoms with van der Waals surface area (Å²) >= 11 is 0. The number of carbonyl (C=O) groups is 1. The largest absolute Gasteiger partial charge is 0.457 e. The third-order valence-corrected chi connectivity index (χ3v) is 6.38. The van der Waals surface area contributed by atoms with Gasteiger partial charge in [0, 0.05) is 53.9 Å². The number of amides is 1. The van der Waals surface area contributed by atoms with Crippen molar-refractivity contribution in [3.63, 3.8) is 0 Å². The molecule has 1 aliphatic heterocycles. The van der Waals surface area contributed by atoms with E-state index < -0.39 is 5.82 Å². The zero-order chi connectivity index (χ0) is 25.7. The molecule has 0 unspecified atom stereocenters. The lowest BCUT2D eigenvalue weighted by molar-refractivity contribution is 0.0924. The second-order valence-electron chi connectivity index (χ2n) is 8.90. The number of aryl methyl sites for hydroxylation is 1. The van der Waals surface area contributed by atoms with Crippen molar-refractivity contribution in [3.05, 3.63) is 71.2 Å². The fourth-order valence-corrected chi connectivity index (χ4v) is 4.46. The third kappa shape index (κ3) is 5.71. The predicted molar refractivity (Wildman–Crippen MR) is 141 cm³/mol. The van der Waals surface area contributed by atoms with Crippen LogP contribution in [0.5, 0.6) is 11.5 Å². The maximum atomic E-state index is 15.3. The number of nitrogens with zero attached hydrogens (tertiary/aromatic N) is 1. The Morgan fingerprint density at radius 3 is 2.61 bits per heavy atom. The lowest BCUT2D eigenvalue weighted by Crippen LogP contribution is -2.43. The van der Waals surface area contributed by atoms with Gasteiger partial charge in [-0.15, -0.1) is 0 Å². The molecule has 0 bridgehead atoms. The second-order valence-corrected chi connectivity index (χ2v) is 8.90. The Labute approximate surface area is 211 Å². The number of anilines is 1. The number of halogens is 1. The molecule has 1 aliphatic rings. The molecule has 3 aromatic rings. The number of nitrogens with one attached hydrogen (secondary N) is 4. The van der Waals surface area contributed by atoms with E-state index >= 15 is 4.39 Å². The van der Waals surface area contributed by atoms with Gasteiger partial charge in [-0.25, -0.2) is 4.39 Å².